The topological polar surface area (TPSA) is 55.1 Å². The highest BCUT2D eigenvalue weighted by molar-refractivity contribution is 9.10. The first kappa shape index (κ1) is 15.2. The Morgan fingerprint density at radius 3 is 2.33 bits per heavy atom. The standard InChI is InChI=1S/C14H21BrN2O/c1-9-7-6-8-10(11(9)15)17-12(18)13(2,3)14(4,5)16/h6-8H,16H2,1-5H3,(H,17,18). The summed E-state index contributed by atoms with van der Waals surface area (Å²) in [5.41, 5.74) is 6.67. The summed E-state index contributed by atoms with van der Waals surface area (Å²) >= 11 is 3.48. The zero-order valence-corrected chi connectivity index (χ0v) is 13.2. The molecule has 0 atom stereocenters. The summed E-state index contributed by atoms with van der Waals surface area (Å²) in [6, 6.07) is 5.77. The highest BCUT2D eigenvalue weighted by Crippen LogP contribution is 2.32. The summed E-state index contributed by atoms with van der Waals surface area (Å²) < 4.78 is 0.906. The third kappa shape index (κ3) is 2.93. The minimum absolute atomic E-state index is 0.0821. The zero-order chi connectivity index (χ0) is 14.1. The summed E-state index contributed by atoms with van der Waals surface area (Å²) in [5.74, 6) is -0.0821. The van der Waals surface area contributed by atoms with Gasteiger partial charge in [0.25, 0.3) is 0 Å². The van der Waals surface area contributed by atoms with Gasteiger partial charge in [0, 0.05) is 10.0 Å². The van der Waals surface area contributed by atoms with Crippen LogP contribution in [0.2, 0.25) is 0 Å². The van der Waals surface area contributed by atoms with E-state index in [4.69, 9.17) is 5.73 Å². The molecule has 4 heteroatoms. The molecule has 1 amide bonds. The maximum Gasteiger partial charge on any atom is 0.231 e. The second-order valence-corrected chi connectivity index (χ2v) is 6.53. The Morgan fingerprint density at radius 2 is 1.83 bits per heavy atom. The number of amides is 1. The number of halogens is 1. The van der Waals surface area contributed by atoms with Crippen LogP contribution in [0.1, 0.15) is 33.3 Å². The Kier molecular flexibility index (Phi) is 4.23. The van der Waals surface area contributed by atoms with Gasteiger partial charge in [0.15, 0.2) is 0 Å². The average molecular weight is 313 g/mol. The summed E-state index contributed by atoms with van der Waals surface area (Å²) in [7, 11) is 0. The van der Waals surface area contributed by atoms with Gasteiger partial charge in [-0.05, 0) is 62.2 Å². The molecule has 0 radical (unpaired) electrons. The molecule has 0 unspecified atom stereocenters. The molecule has 0 saturated heterocycles. The van der Waals surface area contributed by atoms with E-state index >= 15 is 0 Å². The van der Waals surface area contributed by atoms with Crippen molar-refractivity contribution in [2.75, 3.05) is 5.32 Å². The number of anilines is 1. The van der Waals surface area contributed by atoms with Gasteiger partial charge in [0.2, 0.25) is 5.91 Å². The monoisotopic (exact) mass is 312 g/mol. The molecule has 0 saturated carbocycles. The molecular formula is C14H21BrN2O. The van der Waals surface area contributed by atoms with Crippen LogP contribution in [0.25, 0.3) is 0 Å². The molecule has 0 aliphatic carbocycles. The predicted octanol–water partition coefficient (Wildman–Crippen LogP) is 3.46. The van der Waals surface area contributed by atoms with Crippen molar-refractivity contribution in [3.63, 3.8) is 0 Å². The summed E-state index contributed by atoms with van der Waals surface area (Å²) in [4.78, 5) is 12.3. The molecule has 0 aliphatic rings. The maximum absolute atomic E-state index is 12.3. The van der Waals surface area contributed by atoms with Gasteiger partial charge in [0.05, 0.1) is 11.1 Å². The first-order chi connectivity index (χ1) is 8.07. The van der Waals surface area contributed by atoms with Crippen molar-refractivity contribution in [1.82, 2.24) is 0 Å². The second-order valence-electron chi connectivity index (χ2n) is 5.74. The Hall–Kier alpha value is -0.870. The van der Waals surface area contributed by atoms with Crippen LogP contribution in [0.5, 0.6) is 0 Å². The van der Waals surface area contributed by atoms with Gasteiger partial charge < -0.3 is 11.1 Å². The van der Waals surface area contributed by atoms with Crippen molar-refractivity contribution in [1.29, 1.82) is 0 Å². The number of rotatable bonds is 3. The number of hydrogen-bond acceptors (Lipinski definition) is 2. The van der Waals surface area contributed by atoms with Crippen LogP contribution in [0.3, 0.4) is 0 Å². The van der Waals surface area contributed by atoms with Crippen LogP contribution in [-0.2, 0) is 4.79 Å². The lowest BCUT2D eigenvalue weighted by molar-refractivity contribution is -0.126. The van der Waals surface area contributed by atoms with Gasteiger partial charge in [-0.1, -0.05) is 12.1 Å². The average Bonchev–Trinajstić information content (AvgIpc) is 2.23. The van der Waals surface area contributed by atoms with E-state index in [1.165, 1.54) is 0 Å². The van der Waals surface area contributed by atoms with Crippen molar-refractivity contribution in [2.45, 2.75) is 40.2 Å². The lowest BCUT2D eigenvalue weighted by Gasteiger charge is -2.37. The van der Waals surface area contributed by atoms with E-state index in [1.807, 2.05) is 52.8 Å². The molecule has 100 valence electrons. The Bertz CT molecular complexity index is 461. The molecule has 0 aromatic heterocycles. The van der Waals surface area contributed by atoms with E-state index in [9.17, 15) is 4.79 Å². The van der Waals surface area contributed by atoms with Crippen LogP contribution in [0.4, 0.5) is 5.69 Å². The first-order valence-corrected chi connectivity index (χ1v) is 6.72. The van der Waals surface area contributed by atoms with Gasteiger partial charge in [-0.25, -0.2) is 0 Å². The van der Waals surface area contributed by atoms with E-state index in [0.29, 0.717) is 0 Å². The zero-order valence-electron chi connectivity index (χ0n) is 11.6. The fraction of sp³-hybridized carbons (Fsp3) is 0.500. The van der Waals surface area contributed by atoms with Gasteiger partial charge in [-0.3, -0.25) is 4.79 Å². The maximum atomic E-state index is 12.3. The molecule has 3 nitrogen and oxygen atoms in total. The molecule has 1 aromatic rings. The van der Waals surface area contributed by atoms with Crippen molar-refractivity contribution in [3.8, 4) is 0 Å². The largest absolute Gasteiger partial charge is 0.325 e. The third-order valence-corrected chi connectivity index (χ3v) is 4.67. The van der Waals surface area contributed by atoms with E-state index in [2.05, 4.69) is 21.2 Å². The van der Waals surface area contributed by atoms with Crippen LogP contribution < -0.4 is 11.1 Å². The van der Waals surface area contributed by atoms with Crippen LogP contribution in [-0.4, -0.2) is 11.4 Å². The number of nitrogens with one attached hydrogen (secondary N) is 1. The molecule has 1 rings (SSSR count). The molecule has 0 spiro atoms. The minimum atomic E-state index is -0.657. The van der Waals surface area contributed by atoms with E-state index in [0.717, 1.165) is 15.7 Å². The van der Waals surface area contributed by atoms with Crippen molar-refractivity contribution in [3.05, 3.63) is 28.2 Å². The molecule has 1 aromatic carbocycles. The molecular weight excluding hydrogens is 292 g/mol. The summed E-state index contributed by atoms with van der Waals surface area (Å²) in [6.07, 6.45) is 0. The van der Waals surface area contributed by atoms with E-state index in [1.54, 1.807) is 0 Å². The fourth-order valence-electron chi connectivity index (χ4n) is 1.32. The fourth-order valence-corrected chi connectivity index (χ4v) is 1.68. The molecule has 0 heterocycles. The number of hydrogen-bond donors (Lipinski definition) is 2. The molecule has 0 bridgehead atoms. The predicted molar refractivity (Wildman–Crippen MR) is 79.6 cm³/mol. The second kappa shape index (κ2) is 5.02. The van der Waals surface area contributed by atoms with Crippen LogP contribution in [0.15, 0.2) is 22.7 Å². The van der Waals surface area contributed by atoms with E-state index in [-0.39, 0.29) is 5.91 Å². The Morgan fingerprint density at radius 1 is 1.28 bits per heavy atom. The van der Waals surface area contributed by atoms with Crippen molar-refractivity contribution >= 4 is 27.5 Å². The molecule has 0 fully saturated rings. The van der Waals surface area contributed by atoms with Gasteiger partial charge in [-0.2, -0.15) is 0 Å². The van der Waals surface area contributed by atoms with Gasteiger partial charge in [-0.15, -0.1) is 0 Å². The van der Waals surface area contributed by atoms with Crippen LogP contribution in [0, 0.1) is 12.3 Å². The van der Waals surface area contributed by atoms with Crippen LogP contribution >= 0.6 is 15.9 Å². The number of carbonyl (C=O) groups excluding carboxylic acids is 1. The van der Waals surface area contributed by atoms with Crippen molar-refractivity contribution in [2.24, 2.45) is 11.1 Å². The summed E-state index contributed by atoms with van der Waals surface area (Å²) in [6.45, 7) is 9.41. The highest BCUT2D eigenvalue weighted by Gasteiger charge is 2.40. The lowest BCUT2D eigenvalue weighted by Crippen LogP contribution is -2.53. The Labute approximate surface area is 117 Å². The molecule has 3 N–H and O–H groups in total. The highest BCUT2D eigenvalue weighted by atomic mass is 79.9. The van der Waals surface area contributed by atoms with Crippen molar-refractivity contribution < 1.29 is 4.79 Å². The van der Waals surface area contributed by atoms with Gasteiger partial charge in [0.1, 0.15) is 0 Å². The first-order valence-electron chi connectivity index (χ1n) is 5.93. The van der Waals surface area contributed by atoms with E-state index < -0.39 is 11.0 Å². The molecule has 18 heavy (non-hydrogen) atoms. The normalized spacial score (nSPS) is 12.4. The van der Waals surface area contributed by atoms with Gasteiger partial charge >= 0.3 is 0 Å². The smallest absolute Gasteiger partial charge is 0.231 e. The summed E-state index contributed by atoms with van der Waals surface area (Å²) in [5, 5.41) is 2.93. The molecule has 0 aliphatic heterocycles. The SMILES string of the molecule is Cc1cccc(NC(=O)C(C)(C)C(C)(C)N)c1Br. The number of aryl methyl sites for hydroxylation is 1. The third-order valence-electron chi connectivity index (χ3n) is 3.62. The quantitative estimate of drug-likeness (QED) is 0.898. The minimum Gasteiger partial charge on any atom is -0.325 e. The lowest BCUT2D eigenvalue weighted by atomic mass is 9.74. The number of benzene rings is 1. The number of carbonyl (C=O) groups is 1. The Balaban J connectivity index is 2.99. The number of nitrogens with two attached hydrogens (primary N) is 1.